The second kappa shape index (κ2) is 4.65. The lowest BCUT2D eigenvalue weighted by molar-refractivity contribution is 0.699. The highest BCUT2D eigenvalue weighted by Gasteiger charge is 2.08. The average molecular weight is 241 g/mol. The molecule has 0 aliphatic carbocycles. The first kappa shape index (κ1) is 11.1. The topological polar surface area (TPSA) is 63.0 Å². The first-order chi connectivity index (χ1) is 7.70. The first-order valence-corrected chi connectivity index (χ1v) is 5.71. The van der Waals surface area contributed by atoms with Crippen molar-refractivity contribution in [3.8, 4) is 0 Å². The molecule has 2 aromatic heterocycles. The summed E-state index contributed by atoms with van der Waals surface area (Å²) < 4.78 is 1.25. The van der Waals surface area contributed by atoms with E-state index in [0.29, 0.717) is 12.1 Å². The van der Waals surface area contributed by atoms with E-state index in [1.807, 2.05) is 6.07 Å². The van der Waals surface area contributed by atoms with Gasteiger partial charge < -0.3 is 0 Å². The Morgan fingerprint density at radius 2 is 2.38 bits per heavy atom. The number of hydrogen-bond donors (Lipinski definition) is 1. The summed E-state index contributed by atoms with van der Waals surface area (Å²) in [4.78, 5) is 11.3. The molecule has 0 bridgehead atoms. The van der Waals surface area contributed by atoms with Gasteiger partial charge in [-0.05, 0) is 18.6 Å². The minimum atomic E-state index is -0.321. The number of halogens is 1. The van der Waals surface area contributed by atoms with Gasteiger partial charge in [0, 0.05) is 11.8 Å². The summed E-state index contributed by atoms with van der Waals surface area (Å²) in [6.45, 7) is 2.09. The van der Waals surface area contributed by atoms with Gasteiger partial charge in [-0.1, -0.05) is 13.3 Å². The Kier molecular flexibility index (Phi) is 3.24. The van der Waals surface area contributed by atoms with Gasteiger partial charge in [0.05, 0.1) is 5.69 Å². The highest BCUT2D eigenvalue weighted by Crippen LogP contribution is 2.11. The maximum Gasteiger partial charge on any atom is 0.364 e. The molecule has 0 aliphatic rings. The van der Waals surface area contributed by atoms with Crippen LogP contribution in [0.15, 0.2) is 16.9 Å². The maximum absolute atomic E-state index is 11.3. The fourth-order valence-corrected chi connectivity index (χ4v) is 1.97. The molecule has 86 valence electrons. The average Bonchev–Trinajstić information content (AvgIpc) is 2.61. The molecule has 0 aliphatic heterocycles. The molecule has 0 saturated heterocycles. The standard InChI is InChI=1S/C10H13ClN4O/c1-2-3-7(11)6-8-4-5-9-12-13-10(16)15(9)14-8/h4-5,7H,2-3,6H2,1H3,(H,13,16). The number of nitrogens with one attached hydrogen (secondary N) is 1. The third-order valence-electron chi connectivity index (χ3n) is 2.36. The normalized spacial score (nSPS) is 13.1. The number of H-pyrrole nitrogens is 1. The second-order valence-electron chi connectivity index (χ2n) is 3.71. The van der Waals surface area contributed by atoms with Crippen LogP contribution >= 0.6 is 11.6 Å². The van der Waals surface area contributed by atoms with Crippen molar-refractivity contribution in [2.24, 2.45) is 0 Å². The molecule has 1 unspecified atom stereocenters. The van der Waals surface area contributed by atoms with E-state index in [1.54, 1.807) is 6.07 Å². The minimum Gasteiger partial charge on any atom is -0.244 e. The van der Waals surface area contributed by atoms with Crippen molar-refractivity contribution in [3.05, 3.63) is 28.3 Å². The summed E-state index contributed by atoms with van der Waals surface area (Å²) in [5.74, 6) is 0. The monoisotopic (exact) mass is 240 g/mol. The van der Waals surface area contributed by atoms with E-state index < -0.39 is 0 Å². The van der Waals surface area contributed by atoms with Crippen molar-refractivity contribution in [2.45, 2.75) is 31.6 Å². The molecule has 16 heavy (non-hydrogen) atoms. The number of rotatable bonds is 4. The molecule has 0 radical (unpaired) electrons. The van der Waals surface area contributed by atoms with E-state index >= 15 is 0 Å². The summed E-state index contributed by atoms with van der Waals surface area (Å²) >= 11 is 6.13. The predicted octanol–water partition coefficient (Wildman–Crippen LogP) is 1.37. The molecule has 1 N–H and O–H groups in total. The number of aromatic nitrogens is 4. The van der Waals surface area contributed by atoms with Crippen LogP contribution in [0.3, 0.4) is 0 Å². The van der Waals surface area contributed by atoms with Crippen LogP contribution in [0.2, 0.25) is 0 Å². The van der Waals surface area contributed by atoms with Gasteiger partial charge in [0.1, 0.15) is 0 Å². The van der Waals surface area contributed by atoms with E-state index in [1.165, 1.54) is 4.52 Å². The molecule has 0 spiro atoms. The number of alkyl halides is 1. The lowest BCUT2D eigenvalue weighted by Gasteiger charge is -2.06. The van der Waals surface area contributed by atoms with E-state index in [-0.39, 0.29) is 11.1 Å². The highest BCUT2D eigenvalue weighted by molar-refractivity contribution is 6.20. The van der Waals surface area contributed by atoms with Crippen molar-refractivity contribution >= 4 is 17.2 Å². The molecule has 2 rings (SSSR count). The molecule has 0 aromatic carbocycles. The van der Waals surface area contributed by atoms with Gasteiger partial charge >= 0.3 is 5.69 Å². The number of hydrogen-bond acceptors (Lipinski definition) is 3. The number of nitrogens with zero attached hydrogens (tertiary/aromatic N) is 3. The first-order valence-electron chi connectivity index (χ1n) is 5.28. The third kappa shape index (κ3) is 2.24. The summed E-state index contributed by atoms with van der Waals surface area (Å²) in [7, 11) is 0. The zero-order valence-electron chi connectivity index (χ0n) is 8.98. The van der Waals surface area contributed by atoms with Crippen LogP contribution in [0.25, 0.3) is 5.65 Å². The van der Waals surface area contributed by atoms with Gasteiger partial charge in [0.15, 0.2) is 5.65 Å². The summed E-state index contributed by atoms with van der Waals surface area (Å²) in [6.07, 6.45) is 2.66. The maximum atomic E-state index is 11.3. The van der Waals surface area contributed by atoms with Gasteiger partial charge in [-0.25, -0.2) is 9.89 Å². The zero-order valence-corrected chi connectivity index (χ0v) is 9.74. The Bertz CT molecular complexity index is 533. The Labute approximate surface area is 97.4 Å². The van der Waals surface area contributed by atoms with Crippen LogP contribution < -0.4 is 5.69 Å². The van der Waals surface area contributed by atoms with Crippen LogP contribution in [-0.4, -0.2) is 25.2 Å². The molecular weight excluding hydrogens is 228 g/mol. The van der Waals surface area contributed by atoms with Crippen LogP contribution in [0.4, 0.5) is 0 Å². The van der Waals surface area contributed by atoms with Crippen LogP contribution in [0, 0.1) is 0 Å². The zero-order chi connectivity index (χ0) is 11.5. The molecule has 5 nitrogen and oxygen atoms in total. The fourth-order valence-electron chi connectivity index (χ4n) is 1.59. The van der Waals surface area contributed by atoms with Crippen LogP contribution in [0.5, 0.6) is 0 Å². The van der Waals surface area contributed by atoms with Crippen LogP contribution in [0.1, 0.15) is 25.5 Å². The quantitative estimate of drug-likeness (QED) is 0.821. The molecular formula is C10H13ClN4O. The van der Waals surface area contributed by atoms with E-state index in [0.717, 1.165) is 18.5 Å². The van der Waals surface area contributed by atoms with Gasteiger partial charge in [0.25, 0.3) is 0 Å². The van der Waals surface area contributed by atoms with E-state index in [4.69, 9.17) is 11.6 Å². The largest absolute Gasteiger partial charge is 0.364 e. The molecule has 2 heterocycles. The Morgan fingerprint density at radius 3 is 3.12 bits per heavy atom. The van der Waals surface area contributed by atoms with Gasteiger partial charge in [-0.2, -0.15) is 14.7 Å². The van der Waals surface area contributed by atoms with Gasteiger partial charge in [-0.15, -0.1) is 11.6 Å². The van der Waals surface area contributed by atoms with E-state index in [9.17, 15) is 4.79 Å². The van der Waals surface area contributed by atoms with E-state index in [2.05, 4.69) is 22.2 Å². The van der Waals surface area contributed by atoms with Crippen molar-refractivity contribution in [3.63, 3.8) is 0 Å². The van der Waals surface area contributed by atoms with Crippen LogP contribution in [-0.2, 0) is 6.42 Å². The van der Waals surface area contributed by atoms with Crippen molar-refractivity contribution in [1.29, 1.82) is 0 Å². The lowest BCUT2D eigenvalue weighted by Crippen LogP contribution is -2.15. The Balaban J connectivity index is 2.25. The Morgan fingerprint density at radius 1 is 1.56 bits per heavy atom. The summed E-state index contributed by atoms with van der Waals surface area (Å²) in [5, 5.41) is 10.4. The number of aromatic amines is 1. The summed E-state index contributed by atoms with van der Waals surface area (Å²) in [5.41, 5.74) is 1.01. The number of fused-ring (bicyclic) bond motifs is 1. The molecule has 0 fully saturated rings. The second-order valence-corrected chi connectivity index (χ2v) is 4.33. The van der Waals surface area contributed by atoms with Crippen molar-refractivity contribution in [2.75, 3.05) is 0 Å². The highest BCUT2D eigenvalue weighted by atomic mass is 35.5. The summed E-state index contributed by atoms with van der Waals surface area (Å²) in [6, 6.07) is 3.61. The van der Waals surface area contributed by atoms with Gasteiger partial charge in [0.2, 0.25) is 0 Å². The molecule has 1 atom stereocenters. The minimum absolute atomic E-state index is 0.0672. The van der Waals surface area contributed by atoms with Gasteiger partial charge in [-0.3, -0.25) is 0 Å². The fraction of sp³-hybridized carbons (Fsp3) is 0.500. The van der Waals surface area contributed by atoms with Crippen molar-refractivity contribution < 1.29 is 0 Å². The van der Waals surface area contributed by atoms with Crippen molar-refractivity contribution in [1.82, 2.24) is 19.8 Å². The molecule has 0 amide bonds. The SMILES string of the molecule is CCCC(Cl)Cc1ccc2n[nH]c(=O)n2n1. The smallest absolute Gasteiger partial charge is 0.244 e. The molecule has 0 saturated carbocycles. The third-order valence-corrected chi connectivity index (χ3v) is 2.73. The molecule has 2 aromatic rings. The Hall–Kier alpha value is -1.36. The molecule has 6 heteroatoms. The predicted molar refractivity (Wildman–Crippen MR) is 61.9 cm³/mol. The lowest BCUT2D eigenvalue weighted by atomic mass is 10.1.